The van der Waals surface area contributed by atoms with Gasteiger partial charge in [-0.15, -0.1) is 11.6 Å². The molecule has 1 aromatic heterocycles. The molecule has 0 aliphatic carbocycles. The molecule has 0 aliphatic rings. The molecule has 0 atom stereocenters. The second-order valence-corrected chi connectivity index (χ2v) is 7.09. The van der Waals surface area contributed by atoms with Crippen molar-refractivity contribution in [2.24, 2.45) is 11.3 Å². The lowest BCUT2D eigenvalue weighted by atomic mass is 9.81. The highest BCUT2D eigenvalue weighted by Gasteiger charge is 2.25. The Morgan fingerprint density at radius 1 is 1.30 bits per heavy atom. The van der Waals surface area contributed by atoms with Gasteiger partial charge in [0, 0.05) is 18.8 Å². The predicted octanol–water partition coefficient (Wildman–Crippen LogP) is 5.15. The van der Waals surface area contributed by atoms with E-state index in [1.807, 2.05) is 18.2 Å². The minimum Gasteiger partial charge on any atom is -0.326 e. The van der Waals surface area contributed by atoms with E-state index in [2.05, 4.69) is 32.3 Å². The molecular weight excluding hydrogens is 291 g/mol. The zero-order valence-corrected chi connectivity index (χ0v) is 14.1. The molecule has 4 heteroatoms. The first-order valence-corrected chi connectivity index (χ1v) is 7.97. The summed E-state index contributed by atoms with van der Waals surface area (Å²) < 4.78 is 2.25. The Kier molecular flexibility index (Phi) is 4.66. The van der Waals surface area contributed by atoms with E-state index in [9.17, 15) is 0 Å². The molecule has 1 heterocycles. The van der Waals surface area contributed by atoms with Crippen LogP contribution in [0.25, 0.3) is 11.0 Å². The number of fused-ring (bicyclic) bond motifs is 1. The summed E-state index contributed by atoms with van der Waals surface area (Å²) >= 11 is 12.3. The average molecular weight is 313 g/mol. The van der Waals surface area contributed by atoms with Crippen LogP contribution in [0.2, 0.25) is 5.02 Å². The third kappa shape index (κ3) is 2.96. The topological polar surface area (TPSA) is 17.8 Å². The molecule has 0 amide bonds. The van der Waals surface area contributed by atoms with Crippen LogP contribution < -0.4 is 0 Å². The number of rotatable bonds is 5. The molecule has 2 aromatic rings. The van der Waals surface area contributed by atoms with Gasteiger partial charge in [-0.1, -0.05) is 45.4 Å². The minimum atomic E-state index is 0.174. The van der Waals surface area contributed by atoms with Gasteiger partial charge in [0.05, 0.1) is 16.1 Å². The number of hydrogen-bond acceptors (Lipinski definition) is 1. The molecule has 0 aliphatic heterocycles. The van der Waals surface area contributed by atoms with Crippen LogP contribution in [0.5, 0.6) is 0 Å². The van der Waals surface area contributed by atoms with Gasteiger partial charge in [0.1, 0.15) is 5.82 Å². The molecule has 2 rings (SSSR count). The van der Waals surface area contributed by atoms with Gasteiger partial charge in [-0.25, -0.2) is 4.98 Å². The molecule has 2 nitrogen and oxygen atoms in total. The van der Waals surface area contributed by atoms with Gasteiger partial charge >= 0.3 is 0 Å². The quantitative estimate of drug-likeness (QED) is 0.698. The normalized spacial score (nSPS) is 12.6. The Bertz CT molecular complexity index is 600. The number of aromatic nitrogens is 2. The van der Waals surface area contributed by atoms with E-state index in [0.29, 0.717) is 11.8 Å². The molecule has 20 heavy (non-hydrogen) atoms. The van der Waals surface area contributed by atoms with Gasteiger partial charge in [0.2, 0.25) is 0 Å². The van der Waals surface area contributed by atoms with Crippen LogP contribution in [0.4, 0.5) is 0 Å². The number of para-hydroxylation sites is 1. The van der Waals surface area contributed by atoms with Crippen LogP contribution in [0, 0.1) is 11.3 Å². The van der Waals surface area contributed by atoms with Crippen molar-refractivity contribution in [3.63, 3.8) is 0 Å². The lowest BCUT2D eigenvalue weighted by molar-refractivity contribution is 0.210. The fraction of sp³-hybridized carbons (Fsp3) is 0.562. The molecule has 0 radical (unpaired) electrons. The number of benzene rings is 1. The number of alkyl halides is 1. The standard InChI is InChI=1S/C16H22Cl2N2/c1-11(2)16(3,4)10-20-14(8-9-17)19-13-7-5-6-12(18)15(13)20/h5-7,11H,8-10H2,1-4H3. The molecule has 110 valence electrons. The van der Waals surface area contributed by atoms with Crippen molar-refractivity contribution in [2.45, 2.75) is 40.7 Å². The molecule has 0 bridgehead atoms. The summed E-state index contributed by atoms with van der Waals surface area (Å²) in [5.74, 6) is 2.17. The molecule has 0 saturated heterocycles. The SMILES string of the molecule is CC(C)C(C)(C)Cn1c(CCCl)nc2cccc(Cl)c21. The molecule has 0 unspecified atom stereocenters. The first-order chi connectivity index (χ1) is 9.36. The van der Waals surface area contributed by atoms with Gasteiger partial charge in [0.15, 0.2) is 0 Å². The fourth-order valence-electron chi connectivity index (χ4n) is 2.23. The summed E-state index contributed by atoms with van der Waals surface area (Å²) in [6.07, 6.45) is 0.765. The summed E-state index contributed by atoms with van der Waals surface area (Å²) in [6.45, 7) is 9.97. The van der Waals surface area contributed by atoms with Crippen molar-refractivity contribution in [3.05, 3.63) is 29.0 Å². The maximum Gasteiger partial charge on any atom is 0.111 e. The Hall–Kier alpha value is -0.730. The number of halogens is 2. The third-order valence-corrected chi connectivity index (χ3v) is 4.74. The molecule has 0 spiro atoms. The van der Waals surface area contributed by atoms with Gasteiger partial charge in [0.25, 0.3) is 0 Å². The Balaban J connectivity index is 2.56. The molecule has 1 aromatic carbocycles. The second-order valence-electron chi connectivity index (χ2n) is 6.30. The lowest BCUT2D eigenvalue weighted by Gasteiger charge is -2.30. The molecule has 0 saturated carbocycles. The smallest absolute Gasteiger partial charge is 0.111 e. The van der Waals surface area contributed by atoms with Gasteiger partial charge in [-0.3, -0.25) is 0 Å². The zero-order chi connectivity index (χ0) is 14.9. The number of aryl methyl sites for hydroxylation is 1. The van der Waals surface area contributed by atoms with Crippen molar-refractivity contribution < 1.29 is 0 Å². The van der Waals surface area contributed by atoms with Gasteiger partial charge in [-0.2, -0.15) is 0 Å². The molecule has 0 N–H and O–H groups in total. The molecular formula is C16H22Cl2N2. The van der Waals surface area contributed by atoms with Crippen LogP contribution in [0.15, 0.2) is 18.2 Å². The van der Waals surface area contributed by atoms with Crippen LogP contribution in [-0.2, 0) is 13.0 Å². The maximum absolute atomic E-state index is 6.39. The first kappa shape index (κ1) is 15.7. The fourth-order valence-corrected chi connectivity index (χ4v) is 2.67. The Morgan fingerprint density at radius 2 is 2.00 bits per heavy atom. The van der Waals surface area contributed by atoms with E-state index in [4.69, 9.17) is 28.2 Å². The summed E-state index contributed by atoms with van der Waals surface area (Å²) in [7, 11) is 0. The average Bonchev–Trinajstić information content (AvgIpc) is 2.68. The lowest BCUT2D eigenvalue weighted by Crippen LogP contribution is -2.26. The second kappa shape index (κ2) is 5.95. The number of hydrogen-bond donors (Lipinski definition) is 0. The van der Waals surface area contributed by atoms with Gasteiger partial charge < -0.3 is 4.57 Å². The summed E-state index contributed by atoms with van der Waals surface area (Å²) in [5.41, 5.74) is 2.16. The van der Waals surface area contributed by atoms with Crippen molar-refractivity contribution in [1.29, 1.82) is 0 Å². The van der Waals surface area contributed by atoms with Crippen molar-refractivity contribution in [3.8, 4) is 0 Å². The predicted molar refractivity (Wildman–Crippen MR) is 87.8 cm³/mol. The van der Waals surface area contributed by atoms with E-state index in [0.717, 1.165) is 34.8 Å². The van der Waals surface area contributed by atoms with Crippen LogP contribution in [0.1, 0.15) is 33.5 Å². The highest BCUT2D eigenvalue weighted by molar-refractivity contribution is 6.35. The highest BCUT2D eigenvalue weighted by atomic mass is 35.5. The third-order valence-electron chi connectivity index (χ3n) is 4.24. The van der Waals surface area contributed by atoms with E-state index in [1.54, 1.807) is 0 Å². The number of nitrogens with zero attached hydrogens (tertiary/aromatic N) is 2. The highest BCUT2D eigenvalue weighted by Crippen LogP contribution is 2.32. The largest absolute Gasteiger partial charge is 0.326 e. The van der Waals surface area contributed by atoms with E-state index < -0.39 is 0 Å². The zero-order valence-electron chi connectivity index (χ0n) is 12.6. The summed E-state index contributed by atoms with van der Waals surface area (Å²) in [5, 5.41) is 0.760. The first-order valence-electron chi connectivity index (χ1n) is 7.06. The van der Waals surface area contributed by atoms with Crippen LogP contribution >= 0.6 is 23.2 Å². The summed E-state index contributed by atoms with van der Waals surface area (Å²) in [6, 6.07) is 5.88. The molecule has 0 fully saturated rings. The van der Waals surface area contributed by atoms with Crippen LogP contribution in [-0.4, -0.2) is 15.4 Å². The number of imidazole rings is 1. The van der Waals surface area contributed by atoms with E-state index in [-0.39, 0.29) is 5.41 Å². The van der Waals surface area contributed by atoms with E-state index >= 15 is 0 Å². The van der Waals surface area contributed by atoms with Crippen molar-refractivity contribution in [2.75, 3.05) is 5.88 Å². The van der Waals surface area contributed by atoms with E-state index in [1.165, 1.54) is 0 Å². The minimum absolute atomic E-state index is 0.174. The monoisotopic (exact) mass is 312 g/mol. The maximum atomic E-state index is 6.39. The van der Waals surface area contributed by atoms with Gasteiger partial charge in [-0.05, 0) is 23.5 Å². The Labute approximate surface area is 131 Å². The van der Waals surface area contributed by atoms with Crippen molar-refractivity contribution in [1.82, 2.24) is 9.55 Å². The van der Waals surface area contributed by atoms with Crippen LogP contribution in [0.3, 0.4) is 0 Å². The van der Waals surface area contributed by atoms with Crippen molar-refractivity contribution >= 4 is 34.2 Å². The summed E-state index contributed by atoms with van der Waals surface area (Å²) in [4.78, 5) is 4.70. The Morgan fingerprint density at radius 3 is 2.60 bits per heavy atom.